The van der Waals surface area contributed by atoms with Crippen LogP contribution >= 0.6 is 0 Å². The molecule has 0 rings (SSSR count). The fourth-order valence-corrected chi connectivity index (χ4v) is 2.64. The zero-order chi connectivity index (χ0) is 9.99. The lowest BCUT2D eigenvalue weighted by atomic mass is 10.1. The number of rotatable bonds is 3. The Kier molecular flexibility index (Phi) is 3.84. The van der Waals surface area contributed by atoms with Gasteiger partial charge in [-0.3, -0.25) is 13.2 Å². The molecule has 4 heteroatoms. The van der Waals surface area contributed by atoms with Gasteiger partial charge in [0.25, 0.3) is 0 Å². The molecular formula is C8H19F2NSi. The predicted molar refractivity (Wildman–Crippen MR) is 50.6 cm³/mol. The van der Waals surface area contributed by atoms with Gasteiger partial charge in [0.05, 0.1) is 0 Å². The van der Waals surface area contributed by atoms with Crippen molar-refractivity contribution in [3.63, 3.8) is 0 Å². The van der Waals surface area contributed by atoms with E-state index in [0.29, 0.717) is 6.42 Å². The first-order valence-corrected chi connectivity index (χ1v) is 6.19. The summed E-state index contributed by atoms with van der Waals surface area (Å²) in [6.07, 6.45) is 0.544. The molecule has 1 N–H and O–H groups in total. The normalized spacial score (nSPS) is 16.2. The maximum Gasteiger partial charge on any atom is 0.507 e. The summed E-state index contributed by atoms with van der Waals surface area (Å²) in [6, 6.07) is 0. The highest BCUT2D eigenvalue weighted by Crippen LogP contribution is 2.26. The second-order valence-corrected chi connectivity index (χ2v) is 6.79. The summed E-state index contributed by atoms with van der Waals surface area (Å²) in [5.74, 6) is 0. The summed E-state index contributed by atoms with van der Waals surface area (Å²) >= 11 is 0. The highest BCUT2D eigenvalue weighted by Gasteiger charge is 2.44. The highest BCUT2D eigenvalue weighted by atomic mass is 28.4. The van der Waals surface area contributed by atoms with Crippen LogP contribution < -0.4 is 4.98 Å². The van der Waals surface area contributed by atoms with E-state index in [-0.39, 0.29) is 0 Å². The van der Waals surface area contributed by atoms with E-state index < -0.39 is 20.0 Å². The van der Waals surface area contributed by atoms with E-state index in [1.807, 2.05) is 0 Å². The molecule has 0 aliphatic heterocycles. The Morgan fingerprint density at radius 1 is 1.33 bits per heavy atom. The lowest BCUT2D eigenvalue weighted by Crippen LogP contribution is -2.54. The zero-order valence-corrected chi connectivity index (χ0v) is 9.54. The van der Waals surface area contributed by atoms with Crippen LogP contribution in [0.1, 0.15) is 41.0 Å². The van der Waals surface area contributed by atoms with E-state index in [9.17, 15) is 8.22 Å². The molecule has 0 aromatic rings. The second-order valence-electron chi connectivity index (χ2n) is 4.31. The maximum absolute atomic E-state index is 13.3. The standard InChI is InChI=1S/C8H19F2NSi/c1-6-7(2)12(9,10)11-8(3,4)5/h7,11H,6H2,1-5H3. The molecule has 0 amide bonds. The van der Waals surface area contributed by atoms with Crippen molar-refractivity contribution in [2.45, 2.75) is 52.1 Å². The largest absolute Gasteiger partial charge is 0.507 e. The molecule has 74 valence electrons. The van der Waals surface area contributed by atoms with Crippen molar-refractivity contribution in [3.05, 3.63) is 0 Å². The molecule has 0 fully saturated rings. The van der Waals surface area contributed by atoms with Gasteiger partial charge in [-0.05, 0) is 27.2 Å². The van der Waals surface area contributed by atoms with Gasteiger partial charge in [-0.15, -0.1) is 0 Å². The molecule has 12 heavy (non-hydrogen) atoms. The van der Waals surface area contributed by atoms with Crippen LogP contribution in [0.4, 0.5) is 8.22 Å². The number of halogens is 2. The van der Waals surface area contributed by atoms with Crippen molar-refractivity contribution < 1.29 is 8.22 Å². The first kappa shape index (κ1) is 12.0. The molecule has 0 aliphatic carbocycles. The van der Waals surface area contributed by atoms with Crippen LogP contribution in [-0.2, 0) is 0 Å². The molecule has 0 spiro atoms. The van der Waals surface area contributed by atoms with Crippen LogP contribution in [0.3, 0.4) is 0 Å². The summed E-state index contributed by atoms with van der Waals surface area (Å²) < 4.78 is 26.7. The van der Waals surface area contributed by atoms with Crippen molar-refractivity contribution in [1.82, 2.24) is 4.98 Å². The molecule has 1 atom stereocenters. The Bertz CT molecular complexity index is 142. The number of nitrogens with one attached hydrogen (secondary N) is 1. The molecular weight excluding hydrogens is 176 g/mol. The van der Waals surface area contributed by atoms with E-state index >= 15 is 0 Å². The third-order valence-corrected chi connectivity index (χ3v) is 4.50. The summed E-state index contributed by atoms with van der Waals surface area (Å²) in [4.78, 5) is 2.45. The molecule has 0 aromatic heterocycles. The smallest absolute Gasteiger partial charge is 0.282 e. The maximum atomic E-state index is 13.3. The Labute approximate surface area is 75.0 Å². The average molecular weight is 195 g/mol. The molecule has 0 radical (unpaired) electrons. The Morgan fingerprint density at radius 2 is 1.75 bits per heavy atom. The van der Waals surface area contributed by atoms with E-state index in [4.69, 9.17) is 0 Å². The van der Waals surface area contributed by atoms with Gasteiger partial charge < -0.3 is 0 Å². The van der Waals surface area contributed by atoms with Gasteiger partial charge in [0, 0.05) is 11.1 Å². The summed E-state index contributed by atoms with van der Waals surface area (Å²) in [7, 11) is -4.19. The van der Waals surface area contributed by atoms with Crippen LogP contribution in [0.5, 0.6) is 0 Å². The average Bonchev–Trinajstić information content (AvgIpc) is 1.80. The quantitative estimate of drug-likeness (QED) is 0.539. The van der Waals surface area contributed by atoms with Gasteiger partial charge in [0.2, 0.25) is 0 Å². The van der Waals surface area contributed by atoms with Gasteiger partial charge in [0.1, 0.15) is 0 Å². The third-order valence-electron chi connectivity index (χ3n) is 1.77. The molecule has 0 saturated carbocycles. The van der Waals surface area contributed by atoms with E-state index in [1.165, 1.54) is 0 Å². The Hall–Kier alpha value is 0.0369. The molecule has 1 nitrogen and oxygen atoms in total. The summed E-state index contributed by atoms with van der Waals surface area (Å²) in [5.41, 5.74) is -0.948. The van der Waals surface area contributed by atoms with Gasteiger partial charge in [-0.25, -0.2) is 0 Å². The fourth-order valence-electron chi connectivity index (χ4n) is 0.880. The monoisotopic (exact) mass is 195 g/mol. The summed E-state index contributed by atoms with van der Waals surface area (Å²) in [6.45, 7) is 8.74. The van der Waals surface area contributed by atoms with Gasteiger partial charge in [-0.2, -0.15) is 0 Å². The van der Waals surface area contributed by atoms with E-state index in [2.05, 4.69) is 4.98 Å². The Balaban J connectivity index is 4.22. The minimum atomic E-state index is -4.19. The van der Waals surface area contributed by atoms with Crippen LogP contribution in [0, 0.1) is 0 Å². The second kappa shape index (κ2) is 3.83. The van der Waals surface area contributed by atoms with Gasteiger partial charge >= 0.3 is 8.90 Å². The molecule has 0 aliphatic rings. The zero-order valence-electron chi connectivity index (χ0n) is 8.54. The molecule has 0 bridgehead atoms. The molecule has 1 unspecified atom stereocenters. The number of hydrogen-bond donors (Lipinski definition) is 1. The third kappa shape index (κ3) is 4.16. The molecule has 0 saturated heterocycles. The fraction of sp³-hybridized carbons (Fsp3) is 1.00. The SMILES string of the molecule is CCC(C)[Si](F)(F)NC(C)(C)C. The molecule has 0 heterocycles. The Morgan fingerprint density at radius 3 is 2.00 bits per heavy atom. The van der Waals surface area contributed by atoms with Crippen LogP contribution in [0.15, 0.2) is 0 Å². The topological polar surface area (TPSA) is 12.0 Å². The van der Waals surface area contributed by atoms with Crippen LogP contribution in [-0.4, -0.2) is 14.4 Å². The minimum absolute atomic E-state index is 0.473. The first-order chi connectivity index (χ1) is 5.19. The summed E-state index contributed by atoms with van der Waals surface area (Å²) in [5, 5.41) is 0. The number of hydrogen-bond acceptors (Lipinski definition) is 1. The highest BCUT2D eigenvalue weighted by molar-refractivity contribution is 6.65. The van der Waals surface area contributed by atoms with Crippen molar-refractivity contribution in [2.24, 2.45) is 0 Å². The predicted octanol–water partition coefficient (Wildman–Crippen LogP) is 3.05. The van der Waals surface area contributed by atoms with Crippen molar-refractivity contribution >= 4 is 8.90 Å². The van der Waals surface area contributed by atoms with E-state index in [1.54, 1.807) is 34.6 Å². The van der Waals surface area contributed by atoms with Crippen molar-refractivity contribution in [1.29, 1.82) is 0 Å². The molecule has 0 aromatic carbocycles. The van der Waals surface area contributed by atoms with Crippen LogP contribution in [0.2, 0.25) is 5.54 Å². The first-order valence-electron chi connectivity index (χ1n) is 4.36. The van der Waals surface area contributed by atoms with Crippen LogP contribution in [0.25, 0.3) is 0 Å². The van der Waals surface area contributed by atoms with E-state index in [0.717, 1.165) is 0 Å². The lowest BCUT2D eigenvalue weighted by Gasteiger charge is -2.29. The van der Waals surface area contributed by atoms with Crippen molar-refractivity contribution in [3.8, 4) is 0 Å². The lowest BCUT2D eigenvalue weighted by molar-refractivity contribution is 0.417. The van der Waals surface area contributed by atoms with Crippen molar-refractivity contribution in [2.75, 3.05) is 0 Å². The minimum Gasteiger partial charge on any atom is -0.282 e. The van der Waals surface area contributed by atoms with Gasteiger partial charge in [0.15, 0.2) is 0 Å². The van der Waals surface area contributed by atoms with Gasteiger partial charge in [-0.1, -0.05) is 13.8 Å².